The topological polar surface area (TPSA) is 98.3 Å². The lowest BCUT2D eigenvalue weighted by Gasteiger charge is -2.13. The van der Waals surface area contributed by atoms with E-state index in [1.54, 1.807) is 30.3 Å². The van der Waals surface area contributed by atoms with Crippen molar-refractivity contribution in [2.75, 3.05) is 24.9 Å². The van der Waals surface area contributed by atoms with Gasteiger partial charge in [-0.25, -0.2) is 0 Å². The summed E-state index contributed by atoms with van der Waals surface area (Å²) in [6.07, 6.45) is 0.0663. The molecule has 1 atom stereocenters. The summed E-state index contributed by atoms with van der Waals surface area (Å²) in [7, 11) is 3.03. The Labute approximate surface area is 163 Å². The van der Waals surface area contributed by atoms with Crippen molar-refractivity contribution in [2.24, 2.45) is 5.16 Å². The van der Waals surface area contributed by atoms with Crippen LogP contribution in [0.3, 0.4) is 0 Å². The highest BCUT2D eigenvalue weighted by Crippen LogP contribution is 2.29. The fraction of sp³-hybridized carbons (Fsp3) is 0.250. The third-order valence-electron chi connectivity index (χ3n) is 3.73. The van der Waals surface area contributed by atoms with Crippen LogP contribution >= 0.6 is 0 Å². The summed E-state index contributed by atoms with van der Waals surface area (Å²) in [4.78, 5) is 29.0. The highest BCUT2D eigenvalue weighted by atomic mass is 16.6. The Morgan fingerprint density at radius 2 is 1.61 bits per heavy atom. The van der Waals surface area contributed by atoms with Gasteiger partial charge in [-0.15, -0.1) is 0 Å². The van der Waals surface area contributed by atoms with Crippen LogP contribution in [0.5, 0.6) is 11.5 Å². The smallest absolute Gasteiger partial charge is 0.270 e. The minimum atomic E-state index is -0.906. The molecule has 148 valence electrons. The Kier molecular flexibility index (Phi) is 7.38. The van der Waals surface area contributed by atoms with Crippen molar-refractivity contribution in [3.05, 3.63) is 48.0 Å². The Balaban J connectivity index is 1.85. The summed E-state index contributed by atoms with van der Waals surface area (Å²) < 4.78 is 10.3. The standard InChI is InChI=1S/C20H23N3O5/c1-13-5-7-15(8-6-13)22-19(24)12-21-28-14(2)20(25)23-16-9-10-17(26-3)18(11-16)27-4/h5-12,14H,1-4H3,(H,22,24)(H,23,25)/b21-12+. The number of rotatable bonds is 8. The van der Waals surface area contributed by atoms with Gasteiger partial charge in [0.15, 0.2) is 11.5 Å². The van der Waals surface area contributed by atoms with Crippen LogP contribution in [-0.4, -0.2) is 38.4 Å². The van der Waals surface area contributed by atoms with Gasteiger partial charge in [0.25, 0.3) is 11.8 Å². The predicted molar refractivity (Wildman–Crippen MR) is 107 cm³/mol. The molecule has 0 aromatic heterocycles. The number of ether oxygens (including phenoxy) is 2. The van der Waals surface area contributed by atoms with Crippen LogP contribution in [0.1, 0.15) is 12.5 Å². The van der Waals surface area contributed by atoms with Gasteiger partial charge < -0.3 is 24.9 Å². The second kappa shape index (κ2) is 9.96. The molecule has 0 aliphatic rings. The van der Waals surface area contributed by atoms with Gasteiger partial charge in [0, 0.05) is 17.4 Å². The van der Waals surface area contributed by atoms with E-state index >= 15 is 0 Å². The van der Waals surface area contributed by atoms with Crippen LogP contribution in [-0.2, 0) is 14.4 Å². The highest BCUT2D eigenvalue weighted by molar-refractivity contribution is 6.31. The summed E-state index contributed by atoms with van der Waals surface area (Å²) in [5.74, 6) is 0.147. The minimum absolute atomic E-state index is 0.427. The molecule has 0 radical (unpaired) electrons. The van der Waals surface area contributed by atoms with Gasteiger partial charge in [-0.1, -0.05) is 22.9 Å². The number of oxime groups is 1. The fourth-order valence-corrected chi connectivity index (χ4v) is 2.19. The fourth-order valence-electron chi connectivity index (χ4n) is 2.19. The van der Waals surface area contributed by atoms with Gasteiger partial charge in [0.05, 0.1) is 14.2 Å². The Hall–Kier alpha value is -3.55. The molecule has 28 heavy (non-hydrogen) atoms. The van der Waals surface area contributed by atoms with Gasteiger partial charge >= 0.3 is 0 Å². The van der Waals surface area contributed by atoms with E-state index in [9.17, 15) is 9.59 Å². The molecule has 2 aromatic rings. The number of aryl methyl sites for hydroxylation is 1. The van der Waals surface area contributed by atoms with Crippen LogP contribution < -0.4 is 20.1 Å². The molecule has 2 amide bonds. The van der Waals surface area contributed by atoms with Gasteiger partial charge in [-0.2, -0.15) is 0 Å². The summed E-state index contributed by atoms with van der Waals surface area (Å²) in [6, 6.07) is 12.3. The summed E-state index contributed by atoms with van der Waals surface area (Å²) in [5, 5.41) is 8.88. The molecule has 0 heterocycles. The molecular weight excluding hydrogens is 362 g/mol. The molecule has 8 heteroatoms. The number of nitrogens with one attached hydrogen (secondary N) is 2. The highest BCUT2D eigenvalue weighted by Gasteiger charge is 2.15. The lowest BCUT2D eigenvalue weighted by Crippen LogP contribution is -2.26. The SMILES string of the molecule is COc1ccc(NC(=O)C(C)O/N=C/C(=O)Nc2ccc(C)cc2)cc1OC. The molecule has 1 unspecified atom stereocenters. The first-order valence-corrected chi connectivity index (χ1v) is 8.52. The third kappa shape index (κ3) is 6.01. The van der Waals surface area contributed by atoms with Gasteiger partial charge in [0.2, 0.25) is 6.10 Å². The van der Waals surface area contributed by atoms with E-state index in [4.69, 9.17) is 14.3 Å². The lowest BCUT2D eigenvalue weighted by molar-refractivity contribution is -0.126. The van der Waals surface area contributed by atoms with Crippen molar-refractivity contribution in [3.63, 3.8) is 0 Å². The molecule has 2 N–H and O–H groups in total. The second-order valence-corrected chi connectivity index (χ2v) is 5.90. The van der Waals surface area contributed by atoms with E-state index in [-0.39, 0.29) is 0 Å². The second-order valence-electron chi connectivity index (χ2n) is 5.90. The van der Waals surface area contributed by atoms with Crippen molar-refractivity contribution in [2.45, 2.75) is 20.0 Å². The molecule has 0 aliphatic heterocycles. The van der Waals surface area contributed by atoms with Crippen LogP contribution in [0.25, 0.3) is 0 Å². The summed E-state index contributed by atoms with van der Waals surface area (Å²) in [6.45, 7) is 3.47. The van der Waals surface area contributed by atoms with E-state index in [0.29, 0.717) is 22.9 Å². The van der Waals surface area contributed by atoms with Gasteiger partial charge in [-0.05, 0) is 38.1 Å². The number of hydrogen-bond acceptors (Lipinski definition) is 6. The van der Waals surface area contributed by atoms with Crippen molar-refractivity contribution >= 4 is 29.4 Å². The zero-order chi connectivity index (χ0) is 20.5. The molecule has 0 saturated carbocycles. The summed E-state index contributed by atoms with van der Waals surface area (Å²) >= 11 is 0. The average Bonchev–Trinajstić information content (AvgIpc) is 2.69. The molecule has 2 aromatic carbocycles. The molecule has 0 saturated heterocycles. The number of methoxy groups -OCH3 is 2. The zero-order valence-electron chi connectivity index (χ0n) is 16.2. The Morgan fingerprint density at radius 1 is 0.964 bits per heavy atom. The van der Waals surface area contributed by atoms with E-state index < -0.39 is 17.9 Å². The van der Waals surface area contributed by atoms with Crippen molar-refractivity contribution < 1.29 is 23.9 Å². The van der Waals surface area contributed by atoms with Crippen LogP contribution in [0.4, 0.5) is 11.4 Å². The predicted octanol–water partition coefficient (Wildman–Crippen LogP) is 2.98. The number of anilines is 2. The first-order chi connectivity index (χ1) is 13.4. The van der Waals surface area contributed by atoms with E-state index in [1.165, 1.54) is 21.1 Å². The lowest BCUT2D eigenvalue weighted by atomic mass is 10.2. The molecule has 0 spiro atoms. The molecule has 2 rings (SSSR count). The molecule has 0 bridgehead atoms. The van der Waals surface area contributed by atoms with Crippen LogP contribution in [0.2, 0.25) is 0 Å². The molecule has 0 aliphatic carbocycles. The van der Waals surface area contributed by atoms with E-state index in [2.05, 4.69) is 15.8 Å². The van der Waals surface area contributed by atoms with Crippen LogP contribution in [0.15, 0.2) is 47.6 Å². The third-order valence-corrected chi connectivity index (χ3v) is 3.73. The number of carbonyl (C=O) groups is 2. The number of benzene rings is 2. The minimum Gasteiger partial charge on any atom is -0.493 e. The monoisotopic (exact) mass is 385 g/mol. The summed E-state index contributed by atoms with van der Waals surface area (Å²) in [5.41, 5.74) is 2.24. The number of carbonyl (C=O) groups excluding carboxylic acids is 2. The maximum Gasteiger partial charge on any atom is 0.270 e. The number of amides is 2. The van der Waals surface area contributed by atoms with E-state index in [0.717, 1.165) is 11.8 Å². The molecule has 8 nitrogen and oxygen atoms in total. The Bertz CT molecular complexity index is 849. The Morgan fingerprint density at radius 3 is 2.25 bits per heavy atom. The molecular formula is C20H23N3O5. The normalized spacial score (nSPS) is 11.6. The van der Waals surface area contributed by atoms with E-state index in [1.807, 2.05) is 19.1 Å². The largest absolute Gasteiger partial charge is 0.493 e. The van der Waals surface area contributed by atoms with Gasteiger partial charge in [0.1, 0.15) is 6.21 Å². The zero-order valence-corrected chi connectivity index (χ0v) is 16.2. The van der Waals surface area contributed by atoms with Crippen LogP contribution in [0, 0.1) is 6.92 Å². The number of hydrogen-bond donors (Lipinski definition) is 2. The number of nitrogens with zero attached hydrogens (tertiary/aromatic N) is 1. The van der Waals surface area contributed by atoms with Gasteiger partial charge in [-0.3, -0.25) is 9.59 Å². The van der Waals surface area contributed by atoms with Crippen molar-refractivity contribution in [3.8, 4) is 11.5 Å². The first kappa shape index (κ1) is 20.8. The first-order valence-electron chi connectivity index (χ1n) is 8.52. The molecule has 0 fully saturated rings. The van der Waals surface area contributed by atoms with Crippen molar-refractivity contribution in [1.29, 1.82) is 0 Å². The average molecular weight is 385 g/mol. The maximum atomic E-state index is 12.2. The quantitative estimate of drug-likeness (QED) is 0.538. The maximum absolute atomic E-state index is 12.2. The van der Waals surface area contributed by atoms with Crippen molar-refractivity contribution in [1.82, 2.24) is 0 Å².